The first-order chi connectivity index (χ1) is 14.8. The Balaban J connectivity index is 1.55. The van der Waals surface area contributed by atoms with Gasteiger partial charge in [-0.2, -0.15) is 5.26 Å². The number of rotatable bonds is 5. The molecule has 1 amide bonds. The van der Waals surface area contributed by atoms with E-state index in [1.54, 1.807) is 35.7 Å². The molecule has 0 aliphatic carbocycles. The summed E-state index contributed by atoms with van der Waals surface area (Å²) in [6, 6.07) is 13.0. The van der Waals surface area contributed by atoms with Crippen LogP contribution in [0.4, 0.5) is 5.13 Å². The number of sulfone groups is 1. The van der Waals surface area contributed by atoms with Gasteiger partial charge in [0, 0.05) is 17.2 Å². The SMILES string of the molecule is CS(=O)(=O)c1ccc(-c2oncc2C(=O)Nc2nc(-c3cccc(C#N)n3)cs2)cc1. The topological polar surface area (TPSA) is 139 Å². The lowest BCUT2D eigenvalue weighted by atomic mass is 10.1. The Kier molecular flexibility index (Phi) is 5.33. The third kappa shape index (κ3) is 4.35. The molecule has 9 nitrogen and oxygen atoms in total. The van der Waals surface area contributed by atoms with Crippen LogP contribution in [0, 0.1) is 11.3 Å². The molecular formula is C20H13N5O4S2. The van der Waals surface area contributed by atoms with E-state index >= 15 is 0 Å². The molecule has 0 unspecified atom stereocenters. The van der Waals surface area contributed by atoms with Crippen LogP contribution in [0.5, 0.6) is 0 Å². The highest BCUT2D eigenvalue weighted by Crippen LogP contribution is 2.28. The fraction of sp³-hybridized carbons (Fsp3) is 0.0500. The Morgan fingerprint density at radius 2 is 1.90 bits per heavy atom. The van der Waals surface area contributed by atoms with Crippen molar-refractivity contribution in [1.29, 1.82) is 5.26 Å². The van der Waals surface area contributed by atoms with E-state index in [0.29, 0.717) is 22.1 Å². The summed E-state index contributed by atoms with van der Waals surface area (Å²) >= 11 is 1.21. The lowest BCUT2D eigenvalue weighted by molar-refractivity contribution is 0.102. The van der Waals surface area contributed by atoms with Crippen LogP contribution in [0.2, 0.25) is 0 Å². The zero-order valence-corrected chi connectivity index (χ0v) is 17.6. The van der Waals surface area contributed by atoms with Gasteiger partial charge in [0.2, 0.25) is 0 Å². The third-order valence-electron chi connectivity index (χ3n) is 4.21. The van der Waals surface area contributed by atoms with Gasteiger partial charge in [0.25, 0.3) is 5.91 Å². The second-order valence-corrected chi connectivity index (χ2v) is 9.25. The molecule has 0 aliphatic rings. The highest BCUT2D eigenvalue weighted by Gasteiger charge is 2.20. The largest absolute Gasteiger partial charge is 0.355 e. The summed E-state index contributed by atoms with van der Waals surface area (Å²) in [5.41, 5.74) is 2.00. The smallest absolute Gasteiger partial charge is 0.263 e. The van der Waals surface area contributed by atoms with E-state index in [0.717, 1.165) is 6.26 Å². The molecule has 3 aromatic heterocycles. The molecule has 0 atom stereocenters. The minimum absolute atomic E-state index is 0.158. The second kappa shape index (κ2) is 8.10. The number of nitrogens with one attached hydrogen (secondary N) is 1. The summed E-state index contributed by atoms with van der Waals surface area (Å²) < 4.78 is 28.5. The normalized spacial score (nSPS) is 11.1. The zero-order valence-electron chi connectivity index (χ0n) is 15.9. The van der Waals surface area contributed by atoms with Gasteiger partial charge in [0.15, 0.2) is 20.7 Å². The maximum atomic E-state index is 12.7. The van der Waals surface area contributed by atoms with E-state index in [1.165, 1.54) is 29.7 Å². The molecular weight excluding hydrogens is 438 g/mol. The summed E-state index contributed by atoms with van der Waals surface area (Å²) in [6.07, 6.45) is 2.39. The fourth-order valence-electron chi connectivity index (χ4n) is 2.72. The molecule has 31 heavy (non-hydrogen) atoms. The molecule has 4 aromatic rings. The van der Waals surface area contributed by atoms with Crippen LogP contribution in [0.1, 0.15) is 16.1 Å². The Morgan fingerprint density at radius 1 is 1.13 bits per heavy atom. The minimum Gasteiger partial charge on any atom is -0.355 e. The molecule has 0 radical (unpaired) electrons. The monoisotopic (exact) mass is 451 g/mol. The van der Waals surface area contributed by atoms with Crippen LogP contribution in [0.15, 0.2) is 63.5 Å². The van der Waals surface area contributed by atoms with Crippen molar-refractivity contribution >= 4 is 32.2 Å². The molecule has 11 heteroatoms. The molecule has 0 saturated heterocycles. The van der Waals surface area contributed by atoms with E-state index in [2.05, 4.69) is 20.4 Å². The molecule has 1 aromatic carbocycles. The van der Waals surface area contributed by atoms with Gasteiger partial charge in [-0.3, -0.25) is 10.1 Å². The maximum absolute atomic E-state index is 12.7. The first-order valence-electron chi connectivity index (χ1n) is 8.75. The highest BCUT2D eigenvalue weighted by atomic mass is 32.2. The molecule has 0 aliphatic heterocycles. The molecule has 0 spiro atoms. The summed E-state index contributed by atoms with van der Waals surface area (Å²) in [6.45, 7) is 0. The first-order valence-corrected chi connectivity index (χ1v) is 11.5. The van der Waals surface area contributed by atoms with Crippen molar-refractivity contribution in [2.45, 2.75) is 4.90 Å². The number of anilines is 1. The first kappa shape index (κ1) is 20.4. The van der Waals surface area contributed by atoms with Gasteiger partial charge in [0.05, 0.1) is 16.8 Å². The molecule has 0 saturated carbocycles. The lowest BCUT2D eigenvalue weighted by Crippen LogP contribution is -2.11. The maximum Gasteiger partial charge on any atom is 0.263 e. The van der Waals surface area contributed by atoms with Crippen molar-refractivity contribution in [2.24, 2.45) is 0 Å². The molecule has 0 bridgehead atoms. The number of carbonyl (C=O) groups excluding carboxylic acids is 1. The number of aromatic nitrogens is 3. The van der Waals surface area contributed by atoms with Crippen molar-refractivity contribution in [3.8, 4) is 28.8 Å². The second-order valence-electron chi connectivity index (χ2n) is 6.38. The zero-order chi connectivity index (χ0) is 22.0. The number of hydrogen-bond acceptors (Lipinski definition) is 9. The Morgan fingerprint density at radius 3 is 2.61 bits per heavy atom. The van der Waals surface area contributed by atoms with E-state index in [1.807, 2.05) is 6.07 Å². The summed E-state index contributed by atoms with van der Waals surface area (Å²) in [5, 5.41) is 17.4. The summed E-state index contributed by atoms with van der Waals surface area (Å²) in [4.78, 5) is 21.4. The van der Waals surface area contributed by atoms with Crippen molar-refractivity contribution in [3.05, 3.63) is 65.3 Å². The number of amides is 1. The Hall–Kier alpha value is -3.88. The van der Waals surface area contributed by atoms with Gasteiger partial charge >= 0.3 is 0 Å². The third-order valence-corrected chi connectivity index (χ3v) is 6.10. The van der Waals surface area contributed by atoms with E-state index < -0.39 is 15.7 Å². The van der Waals surface area contributed by atoms with Gasteiger partial charge in [-0.1, -0.05) is 11.2 Å². The van der Waals surface area contributed by atoms with Crippen molar-refractivity contribution < 1.29 is 17.7 Å². The molecule has 1 N–H and O–H groups in total. The van der Waals surface area contributed by atoms with Gasteiger partial charge in [-0.05, 0) is 36.4 Å². The molecule has 154 valence electrons. The number of carbonyl (C=O) groups is 1. The van der Waals surface area contributed by atoms with Crippen LogP contribution in [0.25, 0.3) is 22.7 Å². The number of hydrogen-bond donors (Lipinski definition) is 1. The quantitative estimate of drug-likeness (QED) is 0.487. The number of nitriles is 1. The number of pyridine rings is 1. The van der Waals surface area contributed by atoms with Crippen LogP contribution in [-0.2, 0) is 9.84 Å². The molecule has 0 fully saturated rings. The fourth-order valence-corrected chi connectivity index (χ4v) is 4.05. The average Bonchev–Trinajstić information content (AvgIpc) is 3.43. The molecule has 3 heterocycles. The summed E-state index contributed by atoms with van der Waals surface area (Å²) in [7, 11) is -3.34. The highest BCUT2D eigenvalue weighted by molar-refractivity contribution is 7.90. The van der Waals surface area contributed by atoms with E-state index in [-0.39, 0.29) is 21.9 Å². The van der Waals surface area contributed by atoms with Gasteiger partial charge < -0.3 is 4.52 Å². The van der Waals surface area contributed by atoms with Gasteiger partial charge in [-0.15, -0.1) is 11.3 Å². The van der Waals surface area contributed by atoms with Crippen molar-refractivity contribution in [3.63, 3.8) is 0 Å². The number of benzene rings is 1. The predicted octanol–water partition coefficient (Wildman–Crippen LogP) is 3.39. The number of thiazole rings is 1. The van der Waals surface area contributed by atoms with Crippen molar-refractivity contribution in [1.82, 2.24) is 15.1 Å². The van der Waals surface area contributed by atoms with E-state index in [4.69, 9.17) is 9.78 Å². The van der Waals surface area contributed by atoms with Crippen LogP contribution in [0.3, 0.4) is 0 Å². The standard InChI is InChI=1S/C20H13N5O4S2/c1-31(27,28)14-7-5-12(6-8-14)18-15(10-22-29-18)19(26)25-20-24-17(11-30-20)16-4-2-3-13(9-21)23-16/h2-8,10-11H,1H3,(H,24,25,26). The van der Waals surface area contributed by atoms with E-state index in [9.17, 15) is 13.2 Å². The predicted molar refractivity (Wildman–Crippen MR) is 113 cm³/mol. The minimum atomic E-state index is -3.34. The van der Waals surface area contributed by atoms with Crippen LogP contribution < -0.4 is 5.32 Å². The van der Waals surface area contributed by atoms with Gasteiger partial charge in [0.1, 0.15) is 23.0 Å². The number of nitrogens with zero attached hydrogens (tertiary/aromatic N) is 4. The van der Waals surface area contributed by atoms with Gasteiger partial charge in [-0.25, -0.2) is 18.4 Å². The average molecular weight is 451 g/mol. The van der Waals surface area contributed by atoms with Crippen LogP contribution >= 0.6 is 11.3 Å². The summed E-state index contributed by atoms with van der Waals surface area (Å²) in [5.74, 6) is -0.277. The van der Waals surface area contributed by atoms with Crippen molar-refractivity contribution in [2.75, 3.05) is 11.6 Å². The van der Waals surface area contributed by atoms with Crippen LogP contribution in [-0.4, -0.2) is 35.7 Å². The Bertz CT molecular complexity index is 1420. The molecule has 4 rings (SSSR count). The Labute approximate surface area is 180 Å². The lowest BCUT2D eigenvalue weighted by Gasteiger charge is -2.03.